The zero-order valence-electron chi connectivity index (χ0n) is 17.9. The van der Waals surface area contributed by atoms with Gasteiger partial charge < -0.3 is 10.0 Å². The largest absolute Gasteiger partial charge is 0.396 e. The number of piperidine rings is 1. The Morgan fingerprint density at radius 2 is 1.56 bits per heavy atom. The lowest BCUT2D eigenvalue weighted by molar-refractivity contribution is 0.0257. The van der Waals surface area contributed by atoms with Crippen LogP contribution in [0.15, 0.2) is 12.1 Å². The van der Waals surface area contributed by atoms with Crippen LogP contribution in [0.25, 0.3) is 0 Å². The van der Waals surface area contributed by atoms with E-state index in [1.807, 2.05) is 0 Å². The van der Waals surface area contributed by atoms with Crippen LogP contribution in [-0.4, -0.2) is 72.7 Å². The van der Waals surface area contributed by atoms with Gasteiger partial charge in [0.05, 0.1) is 0 Å². The number of aliphatic hydroxyl groups is 1. The van der Waals surface area contributed by atoms with Crippen LogP contribution < -0.4 is 0 Å². The molecule has 1 aromatic carbocycles. The summed E-state index contributed by atoms with van der Waals surface area (Å²) in [5, 5.41) is 9.93. The zero-order chi connectivity index (χ0) is 19.4. The molecule has 152 valence electrons. The molecule has 0 radical (unpaired) electrons. The standard InChI is InChI=1S/C23H39N3O/c1-5-23(18-27)7-6-8-26(17-23)16-22-14-21(19(2)13-20(22)3)15-25-11-9-24(4)10-12-25/h13-14,27H,5-12,15-18H2,1-4H3/t23-/m0/s1. The van der Waals surface area contributed by atoms with Crippen LogP contribution in [0.4, 0.5) is 0 Å². The molecule has 0 aromatic heterocycles. The molecule has 4 heteroatoms. The van der Waals surface area contributed by atoms with Gasteiger partial charge in [-0.25, -0.2) is 0 Å². The Morgan fingerprint density at radius 1 is 0.926 bits per heavy atom. The third-order valence-electron chi connectivity index (χ3n) is 7.00. The molecule has 3 rings (SSSR count). The summed E-state index contributed by atoms with van der Waals surface area (Å²) in [6.45, 7) is 16.0. The quantitative estimate of drug-likeness (QED) is 0.830. The zero-order valence-corrected chi connectivity index (χ0v) is 17.9. The summed E-state index contributed by atoms with van der Waals surface area (Å²) < 4.78 is 0. The average molecular weight is 374 g/mol. The molecule has 2 heterocycles. The molecule has 2 aliphatic rings. The fourth-order valence-corrected chi connectivity index (χ4v) is 4.75. The van der Waals surface area contributed by atoms with E-state index in [0.717, 1.165) is 39.0 Å². The van der Waals surface area contributed by atoms with Gasteiger partial charge in [-0.1, -0.05) is 19.1 Å². The van der Waals surface area contributed by atoms with E-state index in [-0.39, 0.29) is 5.41 Å². The summed E-state index contributed by atoms with van der Waals surface area (Å²) in [5.41, 5.74) is 5.90. The first-order valence-electron chi connectivity index (χ1n) is 10.8. The van der Waals surface area contributed by atoms with Gasteiger partial charge in [-0.3, -0.25) is 9.80 Å². The van der Waals surface area contributed by atoms with Crippen molar-refractivity contribution in [3.63, 3.8) is 0 Å². The Labute approximate surface area is 166 Å². The second-order valence-corrected chi connectivity index (χ2v) is 9.11. The Kier molecular flexibility index (Phi) is 6.96. The Morgan fingerprint density at radius 3 is 2.15 bits per heavy atom. The summed E-state index contributed by atoms with van der Waals surface area (Å²) in [4.78, 5) is 7.58. The number of aryl methyl sites for hydroxylation is 2. The first-order chi connectivity index (χ1) is 12.9. The number of benzene rings is 1. The number of nitrogens with zero attached hydrogens (tertiary/aromatic N) is 3. The van der Waals surface area contributed by atoms with E-state index in [4.69, 9.17) is 0 Å². The number of likely N-dealkylation sites (tertiary alicyclic amines) is 1. The van der Waals surface area contributed by atoms with Crippen molar-refractivity contribution in [2.45, 2.75) is 53.1 Å². The third kappa shape index (κ3) is 5.11. The van der Waals surface area contributed by atoms with Crippen molar-refractivity contribution in [3.05, 3.63) is 34.4 Å². The molecule has 0 spiro atoms. The topological polar surface area (TPSA) is 30.0 Å². The van der Waals surface area contributed by atoms with Gasteiger partial charge in [0.1, 0.15) is 0 Å². The van der Waals surface area contributed by atoms with Gasteiger partial charge in [0, 0.05) is 57.8 Å². The maximum Gasteiger partial charge on any atom is 0.0499 e. The number of hydrogen-bond donors (Lipinski definition) is 1. The summed E-state index contributed by atoms with van der Waals surface area (Å²) in [5.74, 6) is 0. The van der Waals surface area contributed by atoms with Crippen LogP contribution in [-0.2, 0) is 13.1 Å². The number of likely N-dealkylation sites (N-methyl/N-ethyl adjacent to an activating group) is 1. The van der Waals surface area contributed by atoms with Gasteiger partial charge in [-0.05, 0) is 69.0 Å². The molecule has 27 heavy (non-hydrogen) atoms. The van der Waals surface area contributed by atoms with E-state index < -0.39 is 0 Å². The smallest absolute Gasteiger partial charge is 0.0499 e. The molecule has 0 amide bonds. The van der Waals surface area contributed by atoms with Crippen LogP contribution in [0.3, 0.4) is 0 Å². The summed E-state index contributed by atoms with van der Waals surface area (Å²) in [6.07, 6.45) is 3.44. The van der Waals surface area contributed by atoms with E-state index >= 15 is 0 Å². The minimum Gasteiger partial charge on any atom is -0.396 e. The SMILES string of the molecule is CC[C@]1(CO)CCCN(Cc2cc(CN3CCN(C)CC3)c(C)cc2C)C1. The molecule has 1 atom stereocenters. The molecular weight excluding hydrogens is 334 g/mol. The van der Waals surface area contributed by atoms with E-state index in [2.05, 4.69) is 54.7 Å². The fraction of sp³-hybridized carbons (Fsp3) is 0.739. The lowest BCUT2D eigenvalue weighted by atomic mass is 9.78. The van der Waals surface area contributed by atoms with E-state index in [1.165, 1.54) is 54.9 Å². The molecule has 2 aliphatic heterocycles. The minimum atomic E-state index is 0.111. The molecule has 0 bridgehead atoms. The van der Waals surface area contributed by atoms with E-state index in [9.17, 15) is 5.11 Å². The van der Waals surface area contributed by atoms with E-state index in [1.54, 1.807) is 0 Å². The van der Waals surface area contributed by atoms with Crippen molar-refractivity contribution in [1.29, 1.82) is 0 Å². The second-order valence-electron chi connectivity index (χ2n) is 9.11. The maximum atomic E-state index is 9.93. The molecule has 0 unspecified atom stereocenters. The van der Waals surface area contributed by atoms with Crippen molar-refractivity contribution in [1.82, 2.24) is 14.7 Å². The van der Waals surface area contributed by atoms with Crippen molar-refractivity contribution >= 4 is 0 Å². The highest BCUT2D eigenvalue weighted by atomic mass is 16.3. The minimum absolute atomic E-state index is 0.111. The molecule has 0 aliphatic carbocycles. The number of hydrogen-bond acceptors (Lipinski definition) is 4. The monoisotopic (exact) mass is 373 g/mol. The van der Waals surface area contributed by atoms with Gasteiger partial charge in [0.25, 0.3) is 0 Å². The van der Waals surface area contributed by atoms with Crippen molar-refractivity contribution in [2.75, 3.05) is 52.9 Å². The van der Waals surface area contributed by atoms with Crippen molar-refractivity contribution in [3.8, 4) is 0 Å². The lowest BCUT2D eigenvalue weighted by Gasteiger charge is -2.41. The molecule has 0 saturated carbocycles. The van der Waals surface area contributed by atoms with Crippen LogP contribution in [0.1, 0.15) is 48.4 Å². The summed E-state index contributed by atoms with van der Waals surface area (Å²) in [7, 11) is 2.22. The predicted octanol–water partition coefficient (Wildman–Crippen LogP) is 3.04. The number of rotatable bonds is 6. The van der Waals surface area contributed by atoms with Crippen LogP contribution in [0, 0.1) is 19.3 Å². The Bertz CT molecular complexity index is 618. The molecule has 4 nitrogen and oxygen atoms in total. The molecule has 1 aromatic rings. The Balaban J connectivity index is 1.70. The van der Waals surface area contributed by atoms with Crippen LogP contribution in [0.2, 0.25) is 0 Å². The second kappa shape index (κ2) is 9.04. The maximum absolute atomic E-state index is 9.93. The fourth-order valence-electron chi connectivity index (χ4n) is 4.75. The Hall–Kier alpha value is -0.940. The summed E-state index contributed by atoms with van der Waals surface area (Å²) in [6, 6.07) is 4.84. The first-order valence-corrected chi connectivity index (χ1v) is 10.8. The average Bonchev–Trinajstić information content (AvgIpc) is 2.67. The predicted molar refractivity (Wildman–Crippen MR) is 113 cm³/mol. The molecule has 2 saturated heterocycles. The van der Waals surface area contributed by atoms with Gasteiger partial charge >= 0.3 is 0 Å². The number of aliphatic hydroxyl groups excluding tert-OH is 1. The lowest BCUT2D eigenvalue weighted by Crippen LogP contribution is -2.44. The van der Waals surface area contributed by atoms with Crippen molar-refractivity contribution in [2.24, 2.45) is 5.41 Å². The van der Waals surface area contributed by atoms with Crippen LogP contribution >= 0.6 is 0 Å². The van der Waals surface area contributed by atoms with Gasteiger partial charge in [-0.2, -0.15) is 0 Å². The summed E-state index contributed by atoms with van der Waals surface area (Å²) >= 11 is 0. The van der Waals surface area contributed by atoms with Gasteiger partial charge in [-0.15, -0.1) is 0 Å². The number of piperazine rings is 1. The molecule has 2 fully saturated rings. The highest BCUT2D eigenvalue weighted by Crippen LogP contribution is 2.33. The highest BCUT2D eigenvalue weighted by Gasteiger charge is 2.33. The van der Waals surface area contributed by atoms with Gasteiger partial charge in [0.15, 0.2) is 0 Å². The van der Waals surface area contributed by atoms with Crippen LogP contribution in [0.5, 0.6) is 0 Å². The first kappa shape index (κ1) is 20.8. The van der Waals surface area contributed by atoms with E-state index in [0.29, 0.717) is 6.61 Å². The van der Waals surface area contributed by atoms with Gasteiger partial charge in [0.2, 0.25) is 0 Å². The highest BCUT2D eigenvalue weighted by molar-refractivity contribution is 5.37. The molecule has 1 N–H and O–H groups in total. The molecular formula is C23H39N3O. The normalized spacial score (nSPS) is 25.8. The third-order valence-corrected chi connectivity index (χ3v) is 7.00. The van der Waals surface area contributed by atoms with Crippen molar-refractivity contribution < 1.29 is 5.11 Å².